The molecule has 0 spiro atoms. The fourth-order valence-corrected chi connectivity index (χ4v) is 7.74. The first-order chi connectivity index (χ1) is 21.8. The Morgan fingerprint density at radius 3 is 2.14 bits per heavy atom. The number of aromatic nitrogens is 1. The van der Waals surface area contributed by atoms with E-state index in [0.29, 0.717) is 5.71 Å². The average molecular weight is 583 g/mol. The summed E-state index contributed by atoms with van der Waals surface area (Å²) in [6, 6.07) is 44.8. The molecule has 0 aliphatic heterocycles. The molecule has 0 aliphatic carbocycles. The molecule has 0 saturated carbocycles. The quantitative estimate of drug-likeness (QED) is 0.208. The van der Waals surface area contributed by atoms with Crippen LogP contribution in [-0.4, -0.2) is 4.98 Å². The third kappa shape index (κ3) is 3.41. The molecule has 4 nitrogen and oxygen atoms in total. The van der Waals surface area contributed by atoms with Gasteiger partial charge in [0.05, 0.1) is 17.3 Å². The van der Waals surface area contributed by atoms with Gasteiger partial charge in [-0.2, -0.15) is 0 Å². The van der Waals surface area contributed by atoms with E-state index in [2.05, 4.69) is 114 Å². The van der Waals surface area contributed by atoms with E-state index in [0.717, 1.165) is 66.1 Å². The lowest BCUT2D eigenvalue weighted by molar-refractivity contribution is 0.657. The Balaban J connectivity index is 1.23. The van der Waals surface area contributed by atoms with Gasteiger partial charge in [0, 0.05) is 59.2 Å². The van der Waals surface area contributed by atoms with E-state index in [1.807, 2.05) is 35.7 Å². The molecule has 0 aliphatic rings. The minimum Gasteiger partial charge on any atom is -0.456 e. The van der Waals surface area contributed by atoms with Gasteiger partial charge >= 0.3 is 0 Å². The maximum atomic E-state index is 6.36. The summed E-state index contributed by atoms with van der Waals surface area (Å²) >= 11 is 1.82. The molecule has 0 amide bonds. The molecule has 6 aromatic carbocycles. The molecule has 10 rings (SSSR count). The lowest BCUT2D eigenvalue weighted by Gasteiger charge is -2.25. The second kappa shape index (κ2) is 8.93. The largest absolute Gasteiger partial charge is 0.456 e. The standard InChI is InChI=1S/C39H22N2O2S/c1-2-8-27-23(7-1)13-16-31-33-20-26(22-40-39(33)43-38(27)31)41(24-15-18-37-32(19-24)30-10-4-6-12-36(30)44-37)25-14-17-29-28-9-3-5-11-34(28)42-35(29)21-25/h1-22H. The van der Waals surface area contributed by atoms with E-state index < -0.39 is 0 Å². The van der Waals surface area contributed by atoms with Crippen LogP contribution in [0.3, 0.4) is 0 Å². The number of benzene rings is 6. The van der Waals surface area contributed by atoms with Gasteiger partial charge in [-0.15, -0.1) is 11.3 Å². The highest BCUT2D eigenvalue weighted by molar-refractivity contribution is 7.25. The predicted octanol–water partition coefficient (Wildman–Crippen LogP) is 11.9. The van der Waals surface area contributed by atoms with E-state index in [1.165, 1.54) is 20.2 Å². The minimum atomic E-state index is 0.632. The average Bonchev–Trinajstić information content (AvgIpc) is 3.75. The van der Waals surface area contributed by atoms with Gasteiger partial charge in [0.2, 0.25) is 5.71 Å². The van der Waals surface area contributed by atoms with E-state index in [1.54, 1.807) is 0 Å². The van der Waals surface area contributed by atoms with Crippen LogP contribution >= 0.6 is 11.3 Å². The van der Waals surface area contributed by atoms with Crippen LogP contribution < -0.4 is 4.90 Å². The number of fused-ring (bicyclic) bond motifs is 11. The molecule has 0 radical (unpaired) electrons. The maximum absolute atomic E-state index is 6.36. The van der Waals surface area contributed by atoms with Crippen LogP contribution in [0.1, 0.15) is 0 Å². The highest BCUT2D eigenvalue weighted by Gasteiger charge is 2.20. The summed E-state index contributed by atoms with van der Waals surface area (Å²) in [6.07, 6.45) is 1.91. The highest BCUT2D eigenvalue weighted by Crippen LogP contribution is 2.43. The van der Waals surface area contributed by atoms with Gasteiger partial charge in [-0.25, -0.2) is 4.98 Å². The van der Waals surface area contributed by atoms with Crippen molar-refractivity contribution in [2.24, 2.45) is 0 Å². The number of anilines is 3. The first-order valence-electron chi connectivity index (χ1n) is 14.6. The first kappa shape index (κ1) is 23.9. The molecular weight excluding hydrogens is 561 g/mol. The predicted molar refractivity (Wildman–Crippen MR) is 184 cm³/mol. The van der Waals surface area contributed by atoms with Gasteiger partial charge in [-0.1, -0.05) is 66.7 Å². The number of pyridine rings is 1. The number of nitrogens with zero attached hydrogens (tertiary/aromatic N) is 2. The number of thiophene rings is 1. The van der Waals surface area contributed by atoms with Crippen molar-refractivity contribution in [3.8, 4) is 0 Å². The van der Waals surface area contributed by atoms with Gasteiger partial charge < -0.3 is 13.7 Å². The third-order valence-electron chi connectivity index (χ3n) is 8.70. The summed E-state index contributed by atoms with van der Waals surface area (Å²) < 4.78 is 15.2. The Morgan fingerprint density at radius 1 is 0.477 bits per heavy atom. The van der Waals surface area contributed by atoms with Gasteiger partial charge in [0.15, 0.2) is 0 Å². The lowest BCUT2D eigenvalue weighted by atomic mass is 10.1. The SMILES string of the molecule is c1ccc2c(c1)ccc1c3cc(N(c4ccc5c(c4)oc4ccccc45)c4ccc5sc6ccccc6c5c4)cnc3oc21. The zero-order valence-corrected chi connectivity index (χ0v) is 24.1. The summed E-state index contributed by atoms with van der Waals surface area (Å²) in [4.78, 5) is 7.14. The van der Waals surface area contributed by atoms with Crippen molar-refractivity contribution in [3.05, 3.63) is 134 Å². The van der Waals surface area contributed by atoms with Crippen molar-refractivity contribution in [1.82, 2.24) is 4.98 Å². The summed E-state index contributed by atoms with van der Waals surface area (Å²) in [5, 5.41) is 9.01. The molecular formula is C39H22N2O2S. The summed E-state index contributed by atoms with van der Waals surface area (Å²) in [5.41, 5.74) is 6.23. The third-order valence-corrected chi connectivity index (χ3v) is 9.85. The van der Waals surface area contributed by atoms with Crippen molar-refractivity contribution in [2.75, 3.05) is 4.90 Å². The van der Waals surface area contributed by atoms with Crippen LogP contribution in [0.2, 0.25) is 0 Å². The van der Waals surface area contributed by atoms with Crippen LogP contribution in [0.15, 0.2) is 142 Å². The smallest absolute Gasteiger partial charge is 0.227 e. The summed E-state index contributed by atoms with van der Waals surface area (Å²) in [5.74, 6) is 0. The molecule has 44 heavy (non-hydrogen) atoms. The van der Waals surface area contributed by atoms with Crippen molar-refractivity contribution < 1.29 is 8.83 Å². The van der Waals surface area contributed by atoms with Gasteiger partial charge in [0.25, 0.3) is 0 Å². The maximum Gasteiger partial charge on any atom is 0.227 e. The molecule has 0 N–H and O–H groups in total. The van der Waals surface area contributed by atoms with Crippen molar-refractivity contribution in [1.29, 1.82) is 0 Å². The number of rotatable bonds is 3. The van der Waals surface area contributed by atoms with Gasteiger partial charge in [-0.05, 0) is 60.0 Å². The lowest BCUT2D eigenvalue weighted by Crippen LogP contribution is -2.10. The Labute approximate surface area is 255 Å². The Kier molecular flexibility index (Phi) is 4.84. The van der Waals surface area contributed by atoms with Crippen LogP contribution in [0.4, 0.5) is 17.1 Å². The summed E-state index contributed by atoms with van der Waals surface area (Å²) in [7, 11) is 0. The first-order valence-corrected chi connectivity index (χ1v) is 15.4. The number of hydrogen-bond acceptors (Lipinski definition) is 5. The van der Waals surface area contributed by atoms with Crippen LogP contribution in [0.5, 0.6) is 0 Å². The van der Waals surface area contributed by atoms with Crippen molar-refractivity contribution >= 4 is 103 Å². The molecule has 0 fully saturated rings. The second-order valence-electron chi connectivity index (χ2n) is 11.2. The Hall–Kier alpha value is -5.65. The molecule has 0 unspecified atom stereocenters. The zero-order valence-electron chi connectivity index (χ0n) is 23.3. The van der Waals surface area contributed by atoms with Crippen molar-refractivity contribution in [3.63, 3.8) is 0 Å². The second-order valence-corrected chi connectivity index (χ2v) is 12.3. The van der Waals surface area contributed by atoms with Gasteiger partial charge in [0.1, 0.15) is 16.7 Å². The topological polar surface area (TPSA) is 42.4 Å². The van der Waals surface area contributed by atoms with Crippen molar-refractivity contribution in [2.45, 2.75) is 0 Å². The molecule has 10 aromatic rings. The molecule has 5 heteroatoms. The normalized spacial score (nSPS) is 12.1. The fraction of sp³-hybridized carbons (Fsp3) is 0. The number of hydrogen-bond donors (Lipinski definition) is 0. The highest BCUT2D eigenvalue weighted by atomic mass is 32.1. The van der Waals surface area contributed by atoms with E-state index in [9.17, 15) is 0 Å². The fourth-order valence-electron chi connectivity index (χ4n) is 6.65. The molecule has 206 valence electrons. The molecule has 0 atom stereocenters. The Morgan fingerprint density at radius 2 is 1.18 bits per heavy atom. The number of furan rings is 2. The van der Waals surface area contributed by atoms with Crippen LogP contribution in [0, 0.1) is 0 Å². The van der Waals surface area contributed by atoms with E-state index in [4.69, 9.17) is 13.8 Å². The number of para-hydroxylation sites is 1. The molecule has 0 saturated heterocycles. The van der Waals surface area contributed by atoms with E-state index >= 15 is 0 Å². The zero-order chi connectivity index (χ0) is 28.8. The molecule has 0 bridgehead atoms. The molecule has 4 heterocycles. The van der Waals surface area contributed by atoms with E-state index in [-0.39, 0.29) is 0 Å². The minimum absolute atomic E-state index is 0.632. The van der Waals surface area contributed by atoms with Crippen LogP contribution in [0.25, 0.3) is 75.0 Å². The van der Waals surface area contributed by atoms with Gasteiger partial charge in [-0.3, -0.25) is 0 Å². The monoisotopic (exact) mass is 582 g/mol. The van der Waals surface area contributed by atoms with Crippen LogP contribution in [-0.2, 0) is 0 Å². The summed E-state index contributed by atoms with van der Waals surface area (Å²) in [6.45, 7) is 0. The Bertz CT molecular complexity index is 2750. The molecule has 4 aromatic heterocycles.